The number of carbonyl (C=O) groups excluding carboxylic acids is 1. The van der Waals surface area contributed by atoms with Crippen molar-refractivity contribution in [3.8, 4) is 5.75 Å². The number of piperazine rings is 1. The van der Waals surface area contributed by atoms with Gasteiger partial charge in [0.15, 0.2) is 5.78 Å². The smallest absolute Gasteiger partial charge is 0.281 e. The van der Waals surface area contributed by atoms with Crippen LogP contribution >= 0.6 is 0 Å². The van der Waals surface area contributed by atoms with Gasteiger partial charge in [-0.15, -0.1) is 0 Å². The van der Waals surface area contributed by atoms with Gasteiger partial charge in [0.2, 0.25) is 0 Å². The van der Waals surface area contributed by atoms with Crippen LogP contribution in [0.1, 0.15) is 16.8 Å². The number of phenols is 1. The van der Waals surface area contributed by atoms with Crippen LogP contribution in [-0.2, 0) is 10.2 Å². The fraction of sp³-hybridized carbons (Fsp3) is 0.533. The molecule has 128 valence electrons. The van der Waals surface area contributed by atoms with Gasteiger partial charge in [0.25, 0.3) is 10.2 Å². The van der Waals surface area contributed by atoms with E-state index in [2.05, 4.69) is 4.90 Å². The quantitative estimate of drug-likeness (QED) is 0.757. The summed E-state index contributed by atoms with van der Waals surface area (Å²) in [7, 11) is -0.322. The van der Waals surface area contributed by atoms with E-state index in [1.54, 1.807) is 18.2 Å². The Morgan fingerprint density at radius 3 is 2.35 bits per heavy atom. The van der Waals surface area contributed by atoms with Gasteiger partial charge in [0.05, 0.1) is 5.56 Å². The molecule has 8 heteroatoms. The molecule has 1 aromatic rings. The molecule has 7 nitrogen and oxygen atoms in total. The van der Waals surface area contributed by atoms with Crippen LogP contribution < -0.4 is 0 Å². The number of hydrogen-bond donors (Lipinski definition) is 1. The maximum atomic E-state index is 12.1. The van der Waals surface area contributed by atoms with Crippen LogP contribution in [0.3, 0.4) is 0 Å². The van der Waals surface area contributed by atoms with Crippen molar-refractivity contribution < 1.29 is 18.3 Å². The van der Waals surface area contributed by atoms with E-state index in [9.17, 15) is 18.3 Å². The zero-order chi connectivity index (χ0) is 17.0. The minimum atomic E-state index is -3.36. The van der Waals surface area contributed by atoms with Crippen molar-refractivity contribution in [2.24, 2.45) is 0 Å². The number of Topliss-reactive ketones (excluding diaryl/α,β-unsaturated/α-hetero) is 1. The summed E-state index contributed by atoms with van der Waals surface area (Å²) in [4.78, 5) is 14.2. The molecule has 1 aliphatic rings. The highest BCUT2D eigenvalue weighted by molar-refractivity contribution is 7.86. The Labute approximate surface area is 137 Å². The summed E-state index contributed by atoms with van der Waals surface area (Å²) in [6.07, 6.45) is 0.304. The van der Waals surface area contributed by atoms with Crippen molar-refractivity contribution in [1.29, 1.82) is 0 Å². The molecule has 0 spiro atoms. The first-order chi connectivity index (χ1) is 10.8. The molecule has 0 atom stereocenters. The third kappa shape index (κ3) is 4.29. The van der Waals surface area contributed by atoms with Gasteiger partial charge in [-0.25, -0.2) is 0 Å². The van der Waals surface area contributed by atoms with E-state index in [1.807, 2.05) is 0 Å². The average Bonchev–Trinajstić information content (AvgIpc) is 2.53. The molecule has 0 bridgehead atoms. The standard InChI is InChI=1S/C15H23N3O4S/c1-16(2)23(21,22)18-11-9-17(10-12-18)8-7-15(20)13-5-3-4-6-14(13)19/h3-6,19H,7-12H2,1-2H3. The summed E-state index contributed by atoms with van der Waals surface area (Å²) in [5.41, 5.74) is 0.335. The second-order valence-corrected chi connectivity index (χ2v) is 7.86. The van der Waals surface area contributed by atoms with Gasteiger partial charge in [-0.2, -0.15) is 17.0 Å². The van der Waals surface area contributed by atoms with Crippen LogP contribution in [0, 0.1) is 0 Å². The van der Waals surface area contributed by atoms with Crippen molar-refractivity contribution >= 4 is 16.0 Å². The monoisotopic (exact) mass is 341 g/mol. The van der Waals surface area contributed by atoms with Gasteiger partial charge in [-0.1, -0.05) is 12.1 Å². The minimum Gasteiger partial charge on any atom is -0.507 e. The van der Waals surface area contributed by atoms with Crippen LogP contribution in [0.4, 0.5) is 0 Å². The first-order valence-electron chi connectivity index (χ1n) is 7.53. The average molecular weight is 341 g/mol. The number of nitrogens with zero attached hydrogens (tertiary/aromatic N) is 3. The van der Waals surface area contributed by atoms with Crippen molar-refractivity contribution in [2.45, 2.75) is 6.42 Å². The van der Waals surface area contributed by atoms with E-state index in [0.717, 1.165) is 0 Å². The Morgan fingerprint density at radius 2 is 1.78 bits per heavy atom. The zero-order valence-electron chi connectivity index (χ0n) is 13.5. The summed E-state index contributed by atoms with van der Waals surface area (Å²) in [6.45, 7) is 2.60. The third-order valence-electron chi connectivity index (χ3n) is 3.98. The van der Waals surface area contributed by atoms with Crippen LogP contribution in [-0.4, -0.2) is 79.6 Å². The van der Waals surface area contributed by atoms with E-state index in [4.69, 9.17) is 0 Å². The Balaban J connectivity index is 1.84. The molecule has 1 heterocycles. The van der Waals surface area contributed by atoms with E-state index < -0.39 is 10.2 Å². The van der Waals surface area contributed by atoms with Crippen LogP contribution in [0.15, 0.2) is 24.3 Å². The highest BCUT2D eigenvalue weighted by Crippen LogP contribution is 2.18. The second kappa shape index (κ2) is 7.39. The molecule has 23 heavy (non-hydrogen) atoms. The van der Waals surface area contributed by atoms with Gasteiger partial charge in [-0.05, 0) is 12.1 Å². The molecule has 0 radical (unpaired) electrons. The molecule has 1 aliphatic heterocycles. The summed E-state index contributed by atoms with van der Waals surface area (Å²) in [6, 6.07) is 6.51. The number of carbonyl (C=O) groups is 1. The lowest BCUT2D eigenvalue weighted by Crippen LogP contribution is -2.51. The molecule has 1 N–H and O–H groups in total. The molecule has 1 aromatic carbocycles. The normalized spacial score (nSPS) is 17.5. The molecule has 0 aliphatic carbocycles. The summed E-state index contributed by atoms with van der Waals surface area (Å²) in [5.74, 6) is -0.106. The summed E-state index contributed by atoms with van der Waals surface area (Å²) >= 11 is 0. The minimum absolute atomic E-state index is 0.000560. The van der Waals surface area contributed by atoms with Crippen LogP contribution in [0.5, 0.6) is 5.75 Å². The molecule has 0 unspecified atom stereocenters. The van der Waals surface area contributed by atoms with Gasteiger partial charge < -0.3 is 10.0 Å². The van der Waals surface area contributed by atoms with E-state index in [1.165, 1.54) is 28.8 Å². The maximum absolute atomic E-state index is 12.1. The lowest BCUT2D eigenvalue weighted by molar-refractivity contribution is 0.0949. The zero-order valence-corrected chi connectivity index (χ0v) is 14.3. The Bertz CT molecular complexity index is 652. The van der Waals surface area contributed by atoms with Crippen molar-refractivity contribution in [3.05, 3.63) is 29.8 Å². The molecular weight excluding hydrogens is 318 g/mol. The number of hydrogen-bond acceptors (Lipinski definition) is 5. The number of benzene rings is 1. The van der Waals surface area contributed by atoms with E-state index >= 15 is 0 Å². The molecule has 0 amide bonds. The lowest BCUT2D eigenvalue weighted by atomic mass is 10.1. The first kappa shape index (κ1) is 17.9. The molecule has 1 fully saturated rings. The molecule has 0 saturated carbocycles. The summed E-state index contributed by atoms with van der Waals surface area (Å²) in [5, 5.41) is 9.68. The van der Waals surface area contributed by atoms with Crippen molar-refractivity contribution in [2.75, 3.05) is 46.8 Å². The largest absolute Gasteiger partial charge is 0.507 e. The summed E-state index contributed by atoms with van der Waals surface area (Å²) < 4.78 is 26.7. The van der Waals surface area contributed by atoms with Crippen LogP contribution in [0.2, 0.25) is 0 Å². The van der Waals surface area contributed by atoms with Gasteiger partial charge in [0.1, 0.15) is 5.75 Å². The van der Waals surface area contributed by atoms with Gasteiger partial charge >= 0.3 is 0 Å². The first-order valence-corrected chi connectivity index (χ1v) is 8.93. The van der Waals surface area contributed by atoms with Crippen molar-refractivity contribution in [3.63, 3.8) is 0 Å². The highest BCUT2D eigenvalue weighted by atomic mass is 32.2. The third-order valence-corrected chi connectivity index (χ3v) is 5.92. The van der Waals surface area contributed by atoms with E-state index in [-0.39, 0.29) is 11.5 Å². The SMILES string of the molecule is CN(C)S(=O)(=O)N1CCN(CCC(=O)c2ccccc2O)CC1. The fourth-order valence-electron chi connectivity index (χ4n) is 2.52. The van der Waals surface area contributed by atoms with Crippen LogP contribution in [0.25, 0.3) is 0 Å². The van der Waals surface area contributed by atoms with E-state index in [0.29, 0.717) is 44.7 Å². The predicted octanol–water partition coefficient (Wildman–Crippen LogP) is 0.389. The predicted molar refractivity (Wildman–Crippen MR) is 87.7 cm³/mol. The Kier molecular flexibility index (Phi) is 5.74. The number of phenolic OH excluding ortho intramolecular Hbond substituents is 1. The van der Waals surface area contributed by atoms with Gasteiger partial charge in [0, 0.05) is 53.2 Å². The number of rotatable bonds is 6. The molecular formula is C15H23N3O4S. The molecule has 2 rings (SSSR count). The highest BCUT2D eigenvalue weighted by Gasteiger charge is 2.28. The maximum Gasteiger partial charge on any atom is 0.281 e. The Hall–Kier alpha value is -1.48. The topological polar surface area (TPSA) is 81.2 Å². The fourth-order valence-corrected chi connectivity index (χ4v) is 3.61. The number of ketones is 1. The lowest BCUT2D eigenvalue weighted by Gasteiger charge is -2.35. The second-order valence-electron chi connectivity index (χ2n) is 5.72. The van der Waals surface area contributed by atoms with Crippen molar-refractivity contribution in [1.82, 2.24) is 13.5 Å². The number of para-hydroxylation sites is 1. The molecule has 0 aromatic heterocycles. The Morgan fingerprint density at radius 1 is 1.17 bits per heavy atom. The number of aromatic hydroxyl groups is 1. The molecule has 1 saturated heterocycles. The van der Waals surface area contributed by atoms with Gasteiger partial charge in [-0.3, -0.25) is 4.79 Å².